The summed E-state index contributed by atoms with van der Waals surface area (Å²) in [7, 11) is 0. The number of carbonyl (C=O) groups is 1. The summed E-state index contributed by atoms with van der Waals surface area (Å²) in [6, 6.07) is 6.34. The maximum absolute atomic E-state index is 12.0. The molecule has 1 spiro atoms. The van der Waals surface area contributed by atoms with Gasteiger partial charge in [-0.1, -0.05) is 13.0 Å². The third-order valence-electron chi connectivity index (χ3n) is 3.12. The van der Waals surface area contributed by atoms with Gasteiger partial charge in [-0.25, -0.2) is 0 Å². The molecule has 1 aromatic carbocycles. The van der Waals surface area contributed by atoms with Gasteiger partial charge in [0.1, 0.15) is 0 Å². The second-order valence-corrected chi connectivity index (χ2v) is 5.53. The van der Waals surface area contributed by atoms with Gasteiger partial charge in [0.05, 0.1) is 4.75 Å². The SMILES string of the molecule is CCc1ccc2c(c1)C(=O)C1(CC1)S2. The molecule has 1 heterocycles. The number of hydrogen-bond donors (Lipinski definition) is 0. The molecular weight excluding hydrogens is 192 g/mol. The number of aryl methyl sites for hydroxylation is 1. The van der Waals surface area contributed by atoms with E-state index in [1.54, 1.807) is 11.8 Å². The fraction of sp³-hybridized carbons (Fsp3) is 0.417. The summed E-state index contributed by atoms with van der Waals surface area (Å²) in [6.07, 6.45) is 3.16. The van der Waals surface area contributed by atoms with Gasteiger partial charge >= 0.3 is 0 Å². The molecule has 0 atom stereocenters. The topological polar surface area (TPSA) is 17.1 Å². The van der Waals surface area contributed by atoms with Crippen molar-refractivity contribution in [3.8, 4) is 0 Å². The molecule has 0 bridgehead atoms. The average molecular weight is 204 g/mol. The third-order valence-corrected chi connectivity index (χ3v) is 4.68. The summed E-state index contributed by atoms with van der Waals surface area (Å²) in [5, 5.41) is 0. The molecule has 2 heteroatoms. The molecule has 0 aromatic heterocycles. The van der Waals surface area contributed by atoms with Crippen molar-refractivity contribution < 1.29 is 4.79 Å². The van der Waals surface area contributed by atoms with Crippen LogP contribution < -0.4 is 0 Å². The summed E-state index contributed by atoms with van der Waals surface area (Å²) in [6.45, 7) is 2.13. The zero-order valence-corrected chi connectivity index (χ0v) is 8.99. The number of rotatable bonds is 1. The minimum absolute atomic E-state index is 0.0191. The Balaban J connectivity index is 2.10. The van der Waals surface area contributed by atoms with E-state index in [0.29, 0.717) is 5.78 Å². The number of benzene rings is 1. The van der Waals surface area contributed by atoms with E-state index in [0.717, 1.165) is 24.8 Å². The largest absolute Gasteiger partial charge is 0.293 e. The molecule has 0 radical (unpaired) electrons. The van der Waals surface area contributed by atoms with Gasteiger partial charge in [-0.2, -0.15) is 0 Å². The molecule has 3 rings (SSSR count). The van der Waals surface area contributed by atoms with Crippen LogP contribution in [0.4, 0.5) is 0 Å². The first-order chi connectivity index (χ1) is 6.75. The van der Waals surface area contributed by atoms with E-state index >= 15 is 0 Å². The number of carbonyl (C=O) groups excluding carboxylic acids is 1. The molecule has 1 fully saturated rings. The Morgan fingerprint density at radius 3 is 2.86 bits per heavy atom. The predicted octanol–water partition coefficient (Wildman–Crippen LogP) is 3.07. The van der Waals surface area contributed by atoms with E-state index in [1.165, 1.54) is 10.5 Å². The van der Waals surface area contributed by atoms with Gasteiger partial charge in [0.25, 0.3) is 0 Å². The van der Waals surface area contributed by atoms with Crippen LogP contribution in [0.15, 0.2) is 23.1 Å². The summed E-state index contributed by atoms with van der Waals surface area (Å²) in [5.74, 6) is 0.382. The van der Waals surface area contributed by atoms with Crippen molar-refractivity contribution in [1.29, 1.82) is 0 Å². The second kappa shape index (κ2) is 2.63. The zero-order valence-electron chi connectivity index (χ0n) is 8.17. The first-order valence-electron chi connectivity index (χ1n) is 5.12. The Hall–Kier alpha value is -0.760. The normalized spacial score (nSPS) is 21.4. The highest BCUT2D eigenvalue weighted by molar-refractivity contribution is 8.02. The fourth-order valence-electron chi connectivity index (χ4n) is 2.01. The molecule has 2 aliphatic rings. The third kappa shape index (κ3) is 1.01. The van der Waals surface area contributed by atoms with Crippen molar-refractivity contribution in [3.05, 3.63) is 29.3 Å². The molecule has 0 unspecified atom stereocenters. The molecule has 1 saturated carbocycles. The van der Waals surface area contributed by atoms with E-state index in [4.69, 9.17) is 0 Å². The van der Waals surface area contributed by atoms with E-state index in [-0.39, 0.29) is 4.75 Å². The zero-order chi connectivity index (χ0) is 9.76. The molecule has 1 nitrogen and oxygen atoms in total. The Labute approximate surface area is 87.9 Å². The van der Waals surface area contributed by atoms with Gasteiger partial charge in [-0.15, -0.1) is 11.8 Å². The summed E-state index contributed by atoms with van der Waals surface area (Å²) >= 11 is 1.78. The molecule has 0 N–H and O–H groups in total. The van der Waals surface area contributed by atoms with Crippen molar-refractivity contribution in [3.63, 3.8) is 0 Å². The minimum atomic E-state index is -0.0191. The van der Waals surface area contributed by atoms with Gasteiger partial charge in [0.2, 0.25) is 0 Å². The van der Waals surface area contributed by atoms with Gasteiger partial charge in [-0.3, -0.25) is 4.79 Å². The average Bonchev–Trinajstić information content (AvgIpc) is 2.92. The van der Waals surface area contributed by atoms with Crippen molar-refractivity contribution in [1.82, 2.24) is 0 Å². The van der Waals surface area contributed by atoms with Crippen LogP contribution in [0, 0.1) is 0 Å². The van der Waals surface area contributed by atoms with Gasteiger partial charge in [0, 0.05) is 10.5 Å². The number of hydrogen-bond acceptors (Lipinski definition) is 2. The highest BCUT2D eigenvalue weighted by atomic mass is 32.2. The number of thioether (sulfide) groups is 1. The Morgan fingerprint density at radius 1 is 1.43 bits per heavy atom. The first kappa shape index (κ1) is 8.54. The lowest BCUT2D eigenvalue weighted by Gasteiger charge is -1.99. The van der Waals surface area contributed by atoms with E-state index in [1.807, 2.05) is 0 Å². The van der Waals surface area contributed by atoms with Gasteiger partial charge in [0.15, 0.2) is 5.78 Å². The van der Waals surface area contributed by atoms with Crippen LogP contribution in [0.2, 0.25) is 0 Å². The van der Waals surface area contributed by atoms with Crippen LogP contribution in [0.5, 0.6) is 0 Å². The Morgan fingerprint density at radius 2 is 2.21 bits per heavy atom. The minimum Gasteiger partial charge on any atom is -0.293 e. The van der Waals surface area contributed by atoms with Gasteiger partial charge < -0.3 is 0 Å². The van der Waals surface area contributed by atoms with Crippen LogP contribution in [0.1, 0.15) is 35.7 Å². The molecule has 1 aromatic rings. The summed E-state index contributed by atoms with van der Waals surface area (Å²) < 4.78 is -0.0191. The first-order valence-corrected chi connectivity index (χ1v) is 5.93. The lowest BCUT2D eigenvalue weighted by Crippen LogP contribution is -2.11. The van der Waals surface area contributed by atoms with E-state index < -0.39 is 0 Å². The number of Topliss-reactive ketones (excluding diaryl/α,β-unsaturated/α-hetero) is 1. The van der Waals surface area contributed by atoms with E-state index in [2.05, 4.69) is 25.1 Å². The van der Waals surface area contributed by atoms with Crippen molar-refractivity contribution in [2.75, 3.05) is 0 Å². The fourth-order valence-corrected chi connectivity index (χ4v) is 3.34. The molecule has 1 aliphatic carbocycles. The van der Waals surface area contributed by atoms with Crippen LogP contribution >= 0.6 is 11.8 Å². The van der Waals surface area contributed by atoms with Crippen LogP contribution in [-0.2, 0) is 6.42 Å². The summed E-state index contributed by atoms with van der Waals surface area (Å²) in [5.41, 5.74) is 2.25. The lowest BCUT2D eigenvalue weighted by atomic mass is 10.0. The standard InChI is InChI=1S/C12H12OS/c1-2-8-3-4-10-9(7-8)11(13)12(14-10)5-6-12/h3-4,7H,2,5-6H2,1H3. The highest BCUT2D eigenvalue weighted by Crippen LogP contribution is 2.59. The molecule has 1 aliphatic heterocycles. The van der Waals surface area contributed by atoms with Crippen molar-refractivity contribution >= 4 is 17.5 Å². The lowest BCUT2D eigenvalue weighted by molar-refractivity contribution is 0.0983. The maximum Gasteiger partial charge on any atom is 0.180 e. The van der Waals surface area contributed by atoms with Crippen molar-refractivity contribution in [2.45, 2.75) is 35.8 Å². The summed E-state index contributed by atoms with van der Waals surface area (Å²) in [4.78, 5) is 13.2. The number of ketones is 1. The predicted molar refractivity (Wildman–Crippen MR) is 58.0 cm³/mol. The van der Waals surface area contributed by atoms with Crippen molar-refractivity contribution in [2.24, 2.45) is 0 Å². The molecule has 0 saturated heterocycles. The molecule has 0 amide bonds. The monoisotopic (exact) mass is 204 g/mol. The molecule has 72 valence electrons. The molecule has 14 heavy (non-hydrogen) atoms. The maximum atomic E-state index is 12.0. The van der Waals surface area contributed by atoms with Crippen LogP contribution in [-0.4, -0.2) is 10.5 Å². The second-order valence-electron chi connectivity index (χ2n) is 4.11. The van der Waals surface area contributed by atoms with Crippen LogP contribution in [0.25, 0.3) is 0 Å². The van der Waals surface area contributed by atoms with Gasteiger partial charge in [-0.05, 0) is 37.0 Å². The quantitative estimate of drug-likeness (QED) is 0.699. The highest BCUT2D eigenvalue weighted by Gasteiger charge is 2.55. The number of fused-ring (bicyclic) bond motifs is 1. The Bertz CT molecular complexity index is 418. The van der Waals surface area contributed by atoms with E-state index in [9.17, 15) is 4.79 Å². The van der Waals surface area contributed by atoms with Crippen LogP contribution in [0.3, 0.4) is 0 Å². The molecular formula is C12H12OS. The smallest absolute Gasteiger partial charge is 0.180 e. The Kier molecular flexibility index (Phi) is 1.61.